The minimum Gasteiger partial charge on any atom is -0.744 e. The van der Waals surface area contributed by atoms with Crippen molar-refractivity contribution < 1.29 is 42.5 Å². The van der Waals surface area contributed by atoms with Gasteiger partial charge in [0.25, 0.3) is 0 Å². The van der Waals surface area contributed by atoms with Crippen LogP contribution in [0.15, 0.2) is 35.2 Å². The fraction of sp³-hybridized carbons (Fsp3) is 0.375. The molecule has 0 aliphatic carbocycles. The number of benzene rings is 2. The third-order valence-corrected chi connectivity index (χ3v) is 4.42. The van der Waals surface area contributed by atoms with Crippen LogP contribution in [-0.4, -0.2) is 13.0 Å². The summed E-state index contributed by atoms with van der Waals surface area (Å²) in [6.07, 6.45) is 0. The van der Waals surface area contributed by atoms with Gasteiger partial charge in [0.2, 0.25) is 0 Å². The van der Waals surface area contributed by atoms with Crippen LogP contribution in [-0.2, 0) is 10.1 Å². The summed E-state index contributed by atoms with van der Waals surface area (Å²) in [6, 6.07) is 8.79. The van der Waals surface area contributed by atoms with E-state index in [0.717, 1.165) is 16.3 Å². The zero-order valence-corrected chi connectivity index (χ0v) is 16.0. The molecule has 0 amide bonds. The molecule has 2 aromatic carbocycles. The molecule has 0 fully saturated rings. The molecule has 0 aliphatic rings. The number of rotatable bonds is 3. The van der Waals surface area contributed by atoms with E-state index >= 15 is 0 Å². The molecule has 0 N–H and O–H groups in total. The zero-order valence-electron chi connectivity index (χ0n) is 13.2. The van der Waals surface area contributed by atoms with Gasteiger partial charge in [-0.15, -0.1) is 0 Å². The van der Waals surface area contributed by atoms with Crippen LogP contribution in [0.3, 0.4) is 0 Å². The van der Waals surface area contributed by atoms with E-state index in [4.69, 9.17) is 0 Å². The standard InChI is InChI=1S/C16H20O3S.Na/c1-10(2)13-7-8-14(11(3)4)16-9-12(20(17,18)19)5-6-15(13)16;/h5-11H,1-4H3,(H,17,18,19);/q;+1/p-1. The van der Waals surface area contributed by atoms with Gasteiger partial charge in [-0.2, -0.15) is 0 Å². The van der Waals surface area contributed by atoms with Crippen LogP contribution >= 0.6 is 0 Å². The number of hydrogen-bond acceptors (Lipinski definition) is 3. The van der Waals surface area contributed by atoms with Crippen molar-refractivity contribution in [2.45, 2.75) is 44.4 Å². The minimum atomic E-state index is -4.42. The van der Waals surface area contributed by atoms with Crippen LogP contribution in [0.1, 0.15) is 50.7 Å². The Morgan fingerprint density at radius 1 is 0.857 bits per heavy atom. The largest absolute Gasteiger partial charge is 1.00 e. The van der Waals surface area contributed by atoms with E-state index in [1.807, 2.05) is 6.07 Å². The van der Waals surface area contributed by atoms with Gasteiger partial charge in [-0.25, -0.2) is 8.42 Å². The summed E-state index contributed by atoms with van der Waals surface area (Å²) >= 11 is 0. The SMILES string of the molecule is CC(C)c1ccc(C(C)C)c2cc(S(=O)(=O)[O-])ccc12.[Na+]. The maximum atomic E-state index is 11.2. The minimum absolute atomic E-state index is 0. The second-order valence-electron chi connectivity index (χ2n) is 5.71. The van der Waals surface area contributed by atoms with Crippen molar-refractivity contribution in [3.63, 3.8) is 0 Å². The van der Waals surface area contributed by atoms with Gasteiger partial charge in [0, 0.05) is 0 Å². The fourth-order valence-electron chi connectivity index (χ4n) is 2.54. The molecule has 2 rings (SSSR count). The smallest absolute Gasteiger partial charge is 0.744 e. The molecule has 108 valence electrons. The molecule has 0 saturated carbocycles. The Kier molecular flexibility index (Phi) is 6.04. The molecule has 0 saturated heterocycles. The van der Waals surface area contributed by atoms with Crippen molar-refractivity contribution in [2.75, 3.05) is 0 Å². The Hall–Kier alpha value is -0.390. The van der Waals surface area contributed by atoms with Crippen LogP contribution in [0.4, 0.5) is 0 Å². The Morgan fingerprint density at radius 2 is 1.33 bits per heavy atom. The van der Waals surface area contributed by atoms with Crippen molar-refractivity contribution in [2.24, 2.45) is 0 Å². The Bertz CT molecular complexity index is 749. The third-order valence-electron chi connectivity index (χ3n) is 3.59. The molecular weight excluding hydrogens is 295 g/mol. The molecule has 0 radical (unpaired) electrons. The van der Waals surface area contributed by atoms with E-state index in [0.29, 0.717) is 5.92 Å². The Morgan fingerprint density at radius 3 is 1.76 bits per heavy atom. The van der Waals surface area contributed by atoms with Gasteiger partial charge in [0.05, 0.1) is 4.90 Å². The van der Waals surface area contributed by atoms with Crippen LogP contribution in [0.5, 0.6) is 0 Å². The number of hydrogen-bond donors (Lipinski definition) is 0. The molecule has 3 nitrogen and oxygen atoms in total. The second-order valence-corrected chi connectivity index (χ2v) is 7.09. The van der Waals surface area contributed by atoms with Crippen LogP contribution in [0, 0.1) is 0 Å². The second kappa shape index (κ2) is 6.80. The maximum absolute atomic E-state index is 11.2. The van der Waals surface area contributed by atoms with E-state index in [2.05, 4.69) is 33.8 Å². The van der Waals surface area contributed by atoms with E-state index in [1.165, 1.54) is 17.7 Å². The molecule has 0 atom stereocenters. The first kappa shape index (κ1) is 18.7. The zero-order chi connectivity index (χ0) is 15.1. The molecule has 0 aliphatic heterocycles. The molecule has 0 spiro atoms. The van der Waals surface area contributed by atoms with E-state index < -0.39 is 10.1 Å². The average Bonchev–Trinajstić information content (AvgIpc) is 2.35. The van der Waals surface area contributed by atoms with Crippen molar-refractivity contribution in [1.29, 1.82) is 0 Å². The van der Waals surface area contributed by atoms with Crippen molar-refractivity contribution >= 4 is 20.9 Å². The normalized spacial score (nSPS) is 12.0. The van der Waals surface area contributed by atoms with Gasteiger partial charge >= 0.3 is 29.6 Å². The molecule has 0 aromatic heterocycles. The summed E-state index contributed by atoms with van der Waals surface area (Å²) in [7, 11) is -4.42. The summed E-state index contributed by atoms with van der Waals surface area (Å²) in [4.78, 5) is -0.159. The first-order chi connectivity index (χ1) is 9.21. The van der Waals surface area contributed by atoms with Crippen LogP contribution in [0.2, 0.25) is 0 Å². The average molecular weight is 314 g/mol. The molecule has 5 heteroatoms. The predicted molar refractivity (Wildman–Crippen MR) is 80.1 cm³/mol. The first-order valence-corrected chi connectivity index (χ1v) is 8.15. The maximum Gasteiger partial charge on any atom is 1.00 e. The van der Waals surface area contributed by atoms with E-state index in [1.54, 1.807) is 6.07 Å². The van der Waals surface area contributed by atoms with Crippen molar-refractivity contribution in [1.82, 2.24) is 0 Å². The van der Waals surface area contributed by atoms with Gasteiger partial charge in [-0.1, -0.05) is 45.9 Å². The van der Waals surface area contributed by atoms with Gasteiger partial charge in [0.15, 0.2) is 0 Å². The third kappa shape index (κ3) is 3.88. The van der Waals surface area contributed by atoms with Crippen LogP contribution < -0.4 is 29.6 Å². The summed E-state index contributed by atoms with van der Waals surface area (Å²) in [5.41, 5.74) is 2.23. The van der Waals surface area contributed by atoms with Gasteiger partial charge in [-0.05, 0) is 45.9 Å². The summed E-state index contributed by atoms with van der Waals surface area (Å²) in [6.45, 7) is 8.31. The first-order valence-electron chi connectivity index (χ1n) is 6.74. The monoisotopic (exact) mass is 314 g/mol. The van der Waals surface area contributed by atoms with Gasteiger partial charge in [-0.3, -0.25) is 0 Å². The molecule has 0 unspecified atom stereocenters. The van der Waals surface area contributed by atoms with Crippen LogP contribution in [0.25, 0.3) is 10.8 Å². The van der Waals surface area contributed by atoms with Crippen molar-refractivity contribution in [3.8, 4) is 0 Å². The summed E-state index contributed by atoms with van der Waals surface area (Å²) in [5, 5.41) is 1.89. The van der Waals surface area contributed by atoms with Gasteiger partial charge in [0.1, 0.15) is 10.1 Å². The number of fused-ring (bicyclic) bond motifs is 1. The summed E-state index contributed by atoms with van der Waals surface area (Å²) < 4.78 is 33.7. The quantitative estimate of drug-likeness (QED) is 0.627. The summed E-state index contributed by atoms with van der Waals surface area (Å²) in [5.74, 6) is 0.608. The molecule has 0 bridgehead atoms. The Labute approximate surface area is 148 Å². The topological polar surface area (TPSA) is 57.2 Å². The molecule has 0 heterocycles. The van der Waals surface area contributed by atoms with Crippen molar-refractivity contribution in [3.05, 3.63) is 41.5 Å². The van der Waals surface area contributed by atoms with E-state index in [9.17, 15) is 13.0 Å². The molecular formula is C16H19NaO3S. The predicted octanol–water partition coefficient (Wildman–Crippen LogP) is 0.995. The molecule has 2 aromatic rings. The Balaban J connectivity index is 0.00000220. The fourth-order valence-corrected chi connectivity index (χ4v) is 3.03. The van der Waals surface area contributed by atoms with Gasteiger partial charge < -0.3 is 4.55 Å². The van der Waals surface area contributed by atoms with E-state index in [-0.39, 0.29) is 40.4 Å². The molecule has 21 heavy (non-hydrogen) atoms.